The highest BCUT2D eigenvalue weighted by Crippen LogP contribution is 2.40. The average Bonchev–Trinajstić information content (AvgIpc) is 2.26. The van der Waals surface area contributed by atoms with Crippen molar-refractivity contribution < 1.29 is 4.74 Å². The molecule has 1 aliphatic heterocycles. The maximum absolute atomic E-state index is 6.10. The number of ether oxygens (including phenoxy) is 1. The van der Waals surface area contributed by atoms with E-state index in [1.165, 1.54) is 11.1 Å². The van der Waals surface area contributed by atoms with Crippen LogP contribution in [0.1, 0.15) is 64.1 Å². The number of rotatable bonds is 3. The molecule has 0 amide bonds. The van der Waals surface area contributed by atoms with E-state index in [-0.39, 0.29) is 6.10 Å². The van der Waals surface area contributed by atoms with Gasteiger partial charge in [0.05, 0.1) is 6.10 Å². The summed E-state index contributed by atoms with van der Waals surface area (Å²) < 4.78 is 6.10. The average molecular weight is 247 g/mol. The third kappa shape index (κ3) is 2.69. The lowest BCUT2D eigenvalue weighted by atomic mass is 9.91. The summed E-state index contributed by atoms with van der Waals surface area (Å²) in [5.41, 5.74) is 2.66. The van der Waals surface area contributed by atoms with Gasteiger partial charge in [-0.05, 0) is 18.4 Å². The molecule has 0 aromatic heterocycles. The molecule has 2 heteroatoms. The fraction of sp³-hybridized carbons (Fsp3) is 0.625. The van der Waals surface area contributed by atoms with E-state index in [4.69, 9.17) is 4.74 Å². The zero-order valence-electron chi connectivity index (χ0n) is 12.2. The minimum absolute atomic E-state index is 0.286. The summed E-state index contributed by atoms with van der Waals surface area (Å²) in [6, 6.07) is 7.46. The second-order valence-corrected chi connectivity index (χ2v) is 5.96. The normalized spacial score (nSPS) is 23.1. The van der Waals surface area contributed by atoms with E-state index in [2.05, 4.69) is 58.1 Å². The van der Waals surface area contributed by atoms with E-state index in [0.717, 1.165) is 12.2 Å². The first-order valence-corrected chi connectivity index (χ1v) is 7.04. The Balaban J connectivity index is 2.40. The number of fused-ring (bicyclic) bond motifs is 1. The maximum atomic E-state index is 6.10. The smallest absolute Gasteiger partial charge is 0.127 e. The molecule has 0 aliphatic carbocycles. The Bertz CT molecular complexity index is 412. The zero-order valence-corrected chi connectivity index (χ0v) is 12.2. The minimum Gasteiger partial charge on any atom is -0.490 e. The molecule has 1 N–H and O–H groups in total. The van der Waals surface area contributed by atoms with Gasteiger partial charge in [-0.1, -0.05) is 45.9 Å². The Morgan fingerprint density at radius 1 is 1.22 bits per heavy atom. The van der Waals surface area contributed by atoms with E-state index in [1.807, 2.05) is 0 Å². The van der Waals surface area contributed by atoms with Crippen LogP contribution in [-0.4, -0.2) is 12.1 Å². The fourth-order valence-electron chi connectivity index (χ4n) is 2.71. The van der Waals surface area contributed by atoms with Gasteiger partial charge in [-0.15, -0.1) is 0 Å². The van der Waals surface area contributed by atoms with Crippen molar-refractivity contribution in [1.29, 1.82) is 0 Å². The third-order valence-corrected chi connectivity index (χ3v) is 3.49. The van der Waals surface area contributed by atoms with E-state index >= 15 is 0 Å². The summed E-state index contributed by atoms with van der Waals surface area (Å²) in [4.78, 5) is 0. The van der Waals surface area contributed by atoms with Gasteiger partial charge >= 0.3 is 0 Å². The molecule has 100 valence electrons. The Hall–Kier alpha value is -1.02. The van der Waals surface area contributed by atoms with Crippen molar-refractivity contribution >= 4 is 0 Å². The van der Waals surface area contributed by atoms with Crippen LogP contribution < -0.4 is 10.1 Å². The Morgan fingerprint density at radius 3 is 2.56 bits per heavy atom. The highest BCUT2D eigenvalue weighted by molar-refractivity contribution is 5.46. The second kappa shape index (κ2) is 5.31. The molecule has 0 fully saturated rings. The molecule has 1 aromatic rings. The van der Waals surface area contributed by atoms with E-state index in [9.17, 15) is 0 Å². The maximum Gasteiger partial charge on any atom is 0.127 e. The molecule has 0 spiro atoms. The lowest BCUT2D eigenvalue weighted by Gasteiger charge is -2.34. The van der Waals surface area contributed by atoms with Gasteiger partial charge in [-0.3, -0.25) is 0 Å². The first-order valence-electron chi connectivity index (χ1n) is 7.04. The van der Waals surface area contributed by atoms with Crippen LogP contribution in [0.2, 0.25) is 0 Å². The highest BCUT2D eigenvalue weighted by Gasteiger charge is 2.28. The molecule has 2 nitrogen and oxygen atoms in total. The number of para-hydroxylation sites is 1. The highest BCUT2D eigenvalue weighted by atomic mass is 16.5. The van der Waals surface area contributed by atoms with Crippen LogP contribution in [0, 0.1) is 0 Å². The predicted molar refractivity (Wildman–Crippen MR) is 76.3 cm³/mol. The molecule has 0 saturated carbocycles. The second-order valence-electron chi connectivity index (χ2n) is 5.96. The molecule has 2 atom stereocenters. The first kappa shape index (κ1) is 13.4. The van der Waals surface area contributed by atoms with Gasteiger partial charge in [0, 0.05) is 24.1 Å². The van der Waals surface area contributed by atoms with Crippen molar-refractivity contribution in [2.45, 2.75) is 65.1 Å². The summed E-state index contributed by atoms with van der Waals surface area (Å²) >= 11 is 0. The van der Waals surface area contributed by atoms with Gasteiger partial charge in [-0.2, -0.15) is 0 Å². The van der Waals surface area contributed by atoms with Crippen LogP contribution in [0.5, 0.6) is 5.75 Å². The molecule has 18 heavy (non-hydrogen) atoms. The van der Waals surface area contributed by atoms with E-state index < -0.39 is 0 Å². The topological polar surface area (TPSA) is 21.3 Å². The van der Waals surface area contributed by atoms with Crippen molar-refractivity contribution in [3.05, 3.63) is 29.3 Å². The summed E-state index contributed by atoms with van der Waals surface area (Å²) in [5, 5.41) is 3.65. The van der Waals surface area contributed by atoms with Crippen molar-refractivity contribution in [2.24, 2.45) is 0 Å². The molecular formula is C16H25NO. The molecule has 2 unspecified atom stereocenters. The van der Waals surface area contributed by atoms with Gasteiger partial charge in [0.1, 0.15) is 5.75 Å². The van der Waals surface area contributed by atoms with Crippen molar-refractivity contribution in [1.82, 2.24) is 5.32 Å². The molecule has 0 bridgehead atoms. The fourth-order valence-corrected chi connectivity index (χ4v) is 2.71. The lowest BCUT2D eigenvalue weighted by molar-refractivity contribution is 0.161. The Morgan fingerprint density at radius 2 is 1.94 bits per heavy atom. The van der Waals surface area contributed by atoms with Gasteiger partial charge in [0.25, 0.3) is 0 Å². The monoisotopic (exact) mass is 247 g/mol. The largest absolute Gasteiger partial charge is 0.490 e. The summed E-state index contributed by atoms with van der Waals surface area (Å²) in [6.07, 6.45) is 1.33. The number of hydrogen-bond acceptors (Lipinski definition) is 2. The molecule has 1 heterocycles. The Kier molecular flexibility index (Phi) is 3.96. The first-order chi connectivity index (χ1) is 8.49. The summed E-state index contributed by atoms with van der Waals surface area (Å²) in [7, 11) is 0. The van der Waals surface area contributed by atoms with Gasteiger partial charge in [-0.25, -0.2) is 0 Å². The van der Waals surface area contributed by atoms with Crippen LogP contribution >= 0.6 is 0 Å². The predicted octanol–water partition coefficient (Wildman–Crippen LogP) is 4.02. The molecule has 2 rings (SSSR count). The minimum atomic E-state index is 0.286. The van der Waals surface area contributed by atoms with Crippen molar-refractivity contribution in [2.75, 3.05) is 0 Å². The van der Waals surface area contributed by atoms with Gasteiger partial charge < -0.3 is 10.1 Å². The van der Waals surface area contributed by atoms with E-state index in [1.54, 1.807) is 0 Å². The summed E-state index contributed by atoms with van der Waals surface area (Å²) in [5.74, 6) is 1.62. The number of benzene rings is 1. The molecular weight excluding hydrogens is 222 g/mol. The SMILES string of the molecule is CC(C)NC1CC(C)Oc2c(C(C)C)cccc21. The molecule has 1 aromatic carbocycles. The van der Waals surface area contributed by atoms with Crippen LogP contribution in [-0.2, 0) is 0 Å². The quantitative estimate of drug-likeness (QED) is 0.871. The Labute approximate surface area is 111 Å². The lowest BCUT2D eigenvalue weighted by Crippen LogP contribution is -2.35. The van der Waals surface area contributed by atoms with E-state index in [0.29, 0.717) is 18.0 Å². The van der Waals surface area contributed by atoms with Crippen LogP contribution in [0.15, 0.2) is 18.2 Å². The van der Waals surface area contributed by atoms with Crippen molar-refractivity contribution in [3.8, 4) is 5.75 Å². The standard InChI is InChI=1S/C16H25NO/c1-10(2)13-7-6-8-14-15(17-11(3)4)9-12(5)18-16(13)14/h6-8,10-12,15,17H,9H2,1-5H3. The molecule has 1 aliphatic rings. The van der Waals surface area contributed by atoms with Crippen LogP contribution in [0.3, 0.4) is 0 Å². The van der Waals surface area contributed by atoms with Crippen LogP contribution in [0.4, 0.5) is 0 Å². The molecule has 0 saturated heterocycles. The third-order valence-electron chi connectivity index (χ3n) is 3.49. The number of hydrogen-bond donors (Lipinski definition) is 1. The summed E-state index contributed by atoms with van der Waals surface area (Å²) in [6.45, 7) is 11.0. The van der Waals surface area contributed by atoms with Crippen LogP contribution in [0.25, 0.3) is 0 Å². The molecule has 0 radical (unpaired) electrons. The van der Waals surface area contributed by atoms with Gasteiger partial charge in [0.2, 0.25) is 0 Å². The zero-order chi connectivity index (χ0) is 13.3. The number of nitrogens with one attached hydrogen (secondary N) is 1. The van der Waals surface area contributed by atoms with Crippen molar-refractivity contribution in [3.63, 3.8) is 0 Å². The van der Waals surface area contributed by atoms with Gasteiger partial charge in [0.15, 0.2) is 0 Å².